The second-order valence-electron chi connectivity index (χ2n) is 6.29. The number of hydrogen-bond donors (Lipinski definition) is 1. The number of piperazine rings is 1. The molecule has 1 aromatic rings. The van der Waals surface area contributed by atoms with Gasteiger partial charge in [-0.05, 0) is 31.4 Å². The van der Waals surface area contributed by atoms with Crippen LogP contribution in [0.4, 0.5) is 5.82 Å². The fraction of sp³-hybridized carbons (Fsp3) is 0.625. The predicted octanol–water partition coefficient (Wildman–Crippen LogP) is 2.21. The van der Waals surface area contributed by atoms with E-state index in [1.807, 2.05) is 17.0 Å². The lowest BCUT2D eigenvalue weighted by Crippen LogP contribution is -2.52. The number of hydrogen-bond acceptors (Lipinski definition) is 4. The summed E-state index contributed by atoms with van der Waals surface area (Å²) in [6.07, 6.45) is 2.97. The van der Waals surface area contributed by atoms with E-state index in [4.69, 9.17) is 0 Å². The van der Waals surface area contributed by atoms with E-state index in [1.165, 1.54) is 6.42 Å². The zero-order valence-corrected chi connectivity index (χ0v) is 15.3. The Bertz CT molecular complexity index is 529. The molecular formula is C16H26Cl2N4O. The van der Waals surface area contributed by atoms with E-state index in [9.17, 15) is 4.79 Å². The maximum Gasteiger partial charge on any atom is 0.254 e. The summed E-state index contributed by atoms with van der Waals surface area (Å²) < 4.78 is 0. The number of carbonyl (C=O) groups excluding carboxylic acids is 1. The zero-order valence-electron chi connectivity index (χ0n) is 13.7. The third-order valence-electron chi connectivity index (χ3n) is 4.50. The van der Waals surface area contributed by atoms with Crippen LogP contribution in [0, 0.1) is 5.92 Å². The molecule has 0 aromatic carbocycles. The second kappa shape index (κ2) is 8.71. The van der Waals surface area contributed by atoms with Gasteiger partial charge in [-0.2, -0.15) is 0 Å². The maximum absolute atomic E-state index is 12.7. The highest BCUT2D eigenvalue weighted by atomic mass is 35.5. The van der Waals surface area contributed by atoms with Crippen molar-refractivity contribution < 1.29 is 4.79 Å². The summed E-state index contributed by atoms with van der Waals surface area (Å²) in [4.78, 5) is 21.4. The third kappa shape index (κ3) is 4.49. The van der Waals surface area contributed by atoms with E-state index in [-0.39, 0.29) is 36.8 Å². The molecule has 1 unspecified atom stereocenters. The van der Waals surface area contributed by atoms with Crippen LogP contribution in [0.3, 0.4) is 0 Å². The normalized spacial score (nSPS) is 23.9. The van der Waals surface area contributed by atoms with E-state index in [0.717, 1.165) is 44.1 Å². The van der Waals surface area contributed by atoms with Crippen LogP contribution in [0.25, 0.3) is 0 Å². The number of pyridine rings is 1. The molecule has 1 aromatic heterocycles. The molecule has 0 aliphatic carbocycles. The lowest BCUT2D eigenvalue weighted by Gasteiger charge is -2.34. The first-order chi connectivity index (χ1) is 10.1. The summed E-state index contributed by atoms with van der Waals surface area (Å²) in [6, 6.07) is 4.03. The molecule has 3 heterocycles. The summed E-state index contributed by atoms with van der Waals surface area (Å²) in [5.74, 6) is 1.77. The minimum Gasteiger partial charge on any atom is -0.356 e. The second-order valence-corrected chi connectivity index (χ2v) is 6.29. The van der Waals surface area contributed by atoms with Gasteiger partial charge < -0.3 is 15.1 Å². The van der Waals surface area contributed by atoms with Gasteiger partial charge >= 0.3 is 0 Å². The van der Waals surface area contributed by atoms with E-state index in [2.05, 4.69) is 29.0 Å². The fourth-order valence-electron chi connectivity index (χ4n) is 3.18. The summed E-state index contributed by atoms with van der Waals surface area (Å²) in [7, 11) is 0. The molecule has 5 nitrogen and oxygen atoms in total. The molecule has 2 aliphatic heterocycles. The SMILES string of the molecule is CC1CCN(c2cc(C(=O)N3CCNC[C@@H]3C)ccn2)C1.Cl.Cl. The molecule has 2 aliphatic rings. The zero-order chi connectivity index (χ0) is 14.8. The molecule has 3 rings (SSSR count). The van der Waals surface area contributed by atoms with Gasteiger partial charge in [0.1, 0.15) is 5.82 Å². The molecule has 0 spiro atoms. The quantitative estimate of drug-likeness (QED) is 0.878. The number of nitrogens with zero attached hydrogens (tertiary/aromatic N) is 3. The highest BCUT2D eigenvalue weighted by Gasteiger charge is 2.25. The van der Waals surface area contributed by atoms with Gasteiger partial charge in [0.05, 0.1) is 0 Å². The van der Waals surface area contributed by atoms with E-state index < -0.39 is 0 Å². The molecular weight excluding hydrogens is 335 g/mol. The van der Waals surface area contributed by atoms with Crippen molar-refractivity contribution in [2.24, 2.45) is 5.92 Å². The van der Waals surface area contributed by atoms with E-state index in [0.29, 0.717) is 5.92 Å². The van der Waals surface area contributed by atoms with Crippen LogP contribution in [-0.4, -0.2) is 54.6 Å². The first kappa shape index (κ1) is 20.0. The van der Waals surface area contributed by atoms with Crippen LogP contribution in [-0.2, 0) is 0 Å². The topological polar surface area (TPSA) is 48.5 Å². The summed E-state index contributed by atoms with van der Waals surface area (Å²) >= 11 is 0. The molecule has 0 bridgehead atoms. The smallest absolute Gasteiger partial charge is 0.254 e. The van der Waals surface area contributed by atoms with Crippen LogP contribution in [0.1, 0.15) is 30.6 Å². The Balaban J connectivity index is 0.00000132. The van der Waals surface area contributed by atoms with E-state index >= 15 is 0 Å². The number of anilines is 1. The number of nitrogens with one attached hydrogen (secondary N) is 1. The summed E-state index contributed by atoms with van der Waals surface area (Å²) in [5.41, 5.74) is 0.758. The molecule has 1 N–H and O–H groups in total. The van der Waals surface area contributed by atoms with Crippen LogP contribution < -0.4 is 10.2 Å². The Morgan fingerprint density at radius 1 is 1.30 bits per heavy atom. The average molecular weight is 361 g/mol. The molecule has 2 saturated heterocycles. The van der Waals surface area contributed by atoms with Crippen LogP contribution >= 0.6 is 24.8 Å². The minimum absolute atomic E-state index is 0. The standard InChI is InChI=1S/C16H24N4O.2ClH/c1-12-4-7-19(11-12)15-9-14(3-5-18-15)16(21)20-8-6-17-10-13(20)2;;/h3,5,9,12-13,17H,4,6-8,10-11H2,1-2H3;2*1H/t12?,13-;;/m0../s1. The number of aromatic nitrogens is 1. The minimum atomic E-state index is 0. The molecule has 1 amide bonds. The lowest BCUT2D eigenvalue weighted by atomic mass is 10.1. The van der Waals surface area contributed by atoms with Gasteiger partial charge in [0.25, 0.3) is 5.91 Å². The van der Waals surface area contributed by atoms with Crippen molar-refractivity contribution >= 4 is 36.5 Å². The molecule has 2 atom stereocenters. The van der Waals surface area contributed by atoms with Gasteiger partial charge in [-0.25, -0.2) is 4.98 Å². The Kier molecular flexibility index (Phi) is 7.58. The predicted molar refractivity (Wildman–Crippen MR) is 98.1 cm³/mol. The Hall–Kier alpha value is -1.04. The Morgan fingerprint density at radius 3 is 2.74 bits per heavy atom. The van der Waals surface area contributed by atoms with Crippen molar-refractivity contribution in [2.45, 2.75) is 26.3 Å². The number of carbonyl (C=O) groups is 1. The average Bonchev–Trinajstić information content (AvgIpc) is 2.94. The molecule has 0 radical (unpaired) electrons. The van der Waals surface area contributed by atoms with Crippen LogP contribution in [0.5, 0.6) is 0 Å². The van der Waals surface area contributed by atoms with E-state index in [1.54, 1.807) is 6.20 Å². The van der Waals surface area contributed by atoms with Gasteiger partial charge in [0, 0.05) is 50.5 Å². The van der Waals surface area contributed by atoms with Gasteiger partial charge in [-0.1, -0.05) is 6.92 Å². The van der Waals surface area contributed by atoms with Crippen LogP contribution in [0.15, 0.2) is 18.3 Å². The largest absolute Gasteiger partial charge is 0.356 e. The summed E-state index contributed by atoms with van der Waals surface area (Å²) in [6.45, 7) is 8.94. The first-order valence-corrected chi connectivity index (χ1v) is 7.88. The maximum atomic E-state index is 12.7. The fourth-order valence-corrected chi connectivity index (χ4v) is 3.18. The molecule has 7 heteroatoms. The van der Waals surface area contributed by atoms with Crippen molar-refractivity contribution in [2.75, 3.05) is 37.6 Å². The van der Waals surface area contributed by atoms with Gasteiger partial charge in [0.2, 0.25) is 0 Å². The third-order valence-corrected chi connectivity index (χ3v) is 4.50. The lowest BCUT2D eigenvalue weighted by molar-refractivity contribution is 0.0655. The molecule has 23 heavy (non-hydrogen) atoms. The molecule has 2 fully saturated rings. The van der Waals surface area contributed by atoms with Gasteiger partial charge in [-0.15, -0.1) is 24.8 Å². The van der Waals surface area contributed by atoms with Crippen molar-refractivity contribution in [3.05, 3.63) is 23.9 Å². The first-order valence-electron chi connectivity index (χ1n) is 7.88. The van der Waals surface area contributed by atoms with Crippen LogP contribution in [0.2, 0.25) is 0 Å². The molecule has 0 saturated carbocycles. The molecule has 130 valence electrons. The summed E-state index contributed by atoms with van der Waals surface area (Å²) in [5, 5.41) is 3.32. The Morgan fingerprint density at radius 2 is 2.09 bits per heavy atom. The monoisotopic (exact) mass is 360 g/mol. The highest BCUT2D eigenvalue weighted by Crippen LogP contribution is 2.23. The van der Waals surface area contributed by atoms with Gasteiger partial charge in [0.15, 0.2) is 0 Å². The number of rotatable bonds is 2. The van der Waals surface area contributed by atoms with Gasteiger partial charge in [-0.3, -0.25) is 4.79 Å². The Labute approximate surface area is 150 Å². The van der Waals surface area contributed by atoms with Crippen molar-refractivity contribution in [3.63, 3.8) is 0 Å². The number of amides is 1. The highest BCUT2D eigenvalue weighted by molar-refractivity contribution is 5.95. The van der Waals surface area contributed by atoms with Crippen molar-refractivity contribution in [3.8, 4) is 0 Å². The van der Waals surface area contributed by atoms with Crippen molar-refractivity contribution in [1.82, 2.24) is 15.2 Å². The number of halogens is 2. The van der Waals surface area contributed by atoms with Crippen molar-refractivity contribution in [1.29, 1.82) is 0 Å².